The van der Waals surface area contributed by atoms with Gasteiger partial charge in [0.15, 0.2) is 5.13 Å². The van der Waals surface area contributed by atoms with Crippen molar-refractivity contribution in [3.8, 4) is 0 Å². The second kappa shape index (κ2) is 5.19. The zero-order valence-corrected chi connectivity index (χ0v) is 12.6. The molecule has 6 heteroatoms. The molecule has 0 saturated carbocycles. The Morgan fingerprint density at radius 1 is 1.53 bits per heavy atom. The summed E-state index contributed by atoms with van der Waals surface area (Å²) in [6, 6.07) is 0.171. The summed E-state index contributed by atoms with van der Waals surface area (Å²) < 4.78 is 5.98. The first-order chi connectivity index (χ1) is 8.78. The van der Waals surface area contributed by atoms with Crippen molar-refractivity contribution in [3.05, 3.63) is 11.6 Å². The summed E-state index contributed by atoms with van der Waals surface area (Å²) in [5, 5.41) is 8.50. The third-order valence-corrected chi connectivity index (χ3v) is 3.95. The Balaban J connectivity index is 1.84. The largest absolute Gasteiger partial charge is 0.368 e. The number of ether oxygens (including phenoxy) is 1. The molecule has 1 fully saturated rings. The van der Waals surface area contributed by atoms with Gasteiger partial charge in [0.2, 0.25) is 5.91 Å². The Kier molecular flexibility index (Phi) is 3.94. The highest BCUT2D eigenvalue weighted by Crippen LogP contribution is 2.37. The van der Waals surface area contributed by atoms with E-state index in [4.69, 9.17) is 4.74 Å². The molecule has 1 aliphatic heterocycles. The standard InChI is InChI=1S/C13H21N3O2S/c1-12(2)7-9(13(3,4)18-12)15-8-10(17)16-11-14-5-6-19-11/h5-6,9,15H,7-8H2,1-4H3,(H,14,16,17). The molecule has 0 radical (unpaired) electrons. The quantitative estimate of drug-likeness (QED) is 0.887. The van der Waals surface area contributed by atoms with Crippen molar-refractivity contribution < 1.29 is 9.53 Å². The molecule has 2 heterocycles. The molecule has 1 aromatic rings. The van der Waals surface area contributed by atoms with E-state index in [9.17, 15) is 4.79 Å². The maximum atomic E-state index is 11.8. The normalized spacial score (nSPS) is 24.3. The number of nitrogens with zero attached hydrogens (tertiary/aromatic N) is 1. The van der Waals surface area contributed by atoms with Crippen LogP contribution in [0.15, 0.2) is 11.6 Å². The van der Waals surface area contributed by atoms with Gasteiger partial charge in [0.05, 0.1) is 17.7 Å². The van der Waals surface area contributed by atoms with E-state index in [1.54, 1.807) is 6.20 Å². The van der Waals surface area contributed by atoms with Gasteiger partial charge in [-0.1, -0.05) is 0 Å². The molecule has 0 spiro atoms. The molecule has 0 aliphatic carbocycles. The third kappa shape index (κ3) is 3.75. The lowest BCUT2D eigenvalue weighted by molar-refractivity contribution is -0.115. The van der Waals surface area contributed by atoms with Crippen LogP contribution in [0.2, 0.25) is 0 Å². The van der Waals surface area contributed by atoms with Crippen LogP contribution in [0.25, 0.3) is 0 Å². The SMILES string of the molecule is CC1(C)CC(NCC(=O)Nc2nccs2)C(C)(C)O1. The van der Waals surface area contributed by atoms with Crippen molar-refractivity contribution in [2.24, 2.45) is 0 Å². The van der Waals surface area contributed by atoms with Gasteiger partial charge in [-0.15, -0.1) is 11.3 Å². The first kappa shape index (κ1) is 14.4. The topological polar surface area (TPSA) is 63.2 Å². The molecular formula is C13H21N3O2S. The molecule has 2 N–H and O–H groups in total. The van der Waals surface area contributed by atoms with Gasteiger partial charge in [-0.2, -0.15) is 0 Å². The number of amides is 1. The molecule has 1 atom stereocenters. The summed E-state index contributed by atoms with van der Waals surface area (Å²) >= 11 is 1.41. The number of aromatic nitrogens is 1. The van der Waals surface area contributed by atoms with Crippen molar-refractivity contribution in [2.45, 2.75) is 51.4 Å². The van der Waals surface area contributed by atoms with E-state index in [-0.39, 0.29) is 29.7 Å². The molecule has 2 rings (SSSR count). The fraction of sp³-hybridized carbons (Fsp3) is 0.692. The Labute approximate surface area is 117 Å². The van der Waals surface area contributed by atoms with Crippen LogP contribution in [0.4, 0.5) is 5.13 Å². The van der Waals surface area contributed by atoms with Crippen LogP contribution < -0.4 is 10.6 Å². The van der Waals surface area contributed by atoms with Crippen LogP contribution >= 0.6 is 11.3 Å². The van der Waals surface area contributed by atoms with Gasteiger partial charge in [0.1, 0.15) is 0 Å². The number of carbonyl (C=O) groups excluding carboxylic acids is 1. The lowest BCUT2D eigenvalue weighted by Gasteiger charge is -2.27. The predicted octanol–water partition coefficient (Wildman–Crippen LogP) is 2.02. The first-order valence-electron chi connectivity index (χ1n) is 6.41. The highest BCUT2D eigenvalue weighted by Gasteiger charge is 2.45. The van der Waals surface area contributed by atoms with Crippen LogP contribution in [-0.2, 0) is 9.53 Å². The van der Waals surface area contributed by atoms with Crippen molar-refractivity contribution in [2.75, 3.05) is 11.9 Å². The molecule has 106 valence electrons. The monoisotopic (exact) mass is 283 g/mol. The van der Waals surface area contributed by atoms with Crippen LogP contribution in [0.5, 0.6) is 0 Å². The van der Waals surface area contributed by atoms with Crippen molar-refractivity contribution in [1.82, 2.24) is 10.3 Å². The summed E-state index contributed by atoms with van der Waals surface area (Å²) in [6.45, 7) is 8.53. The van der Waals surface area contributed by atoms with Crippen molar-refractivity contribution in [3.63, 3.8) is 0 Å². The Bertz CT molecular complexity index is 443. The summed E-state index contributed by atoms with van der Waals surface area (Å²) in [7, 11) is 0. The second-order valence-electron chi connectivity index (χ2n) is 5.99. The molecule has 1 aromatic heterocycles. The summed E-state index contributed by atoms with van der Waals surface area (Å²) in [5.74, 6) is -0.0737. The zero-order chi connectivity index (χ0) is 14.1. The number of hydrogen-bond acceptors (Lipinski definition) is 5. The number of rotatable bonds is 4. The number of hydrogen-bond donors (Lipinski definition) is 2. The fourth-order valence-electron chi connectivity index (χ4n) is 2.54. The van der Waals surface area contributed by atoms with E-state index in [0.29, 0.717) is 5.13 Å². The van der Waals surface area contributed by atoms with E-state index >= 15 is 0 Å². The first-order valence-corrected chi connectivity index (χ1v) is 7.29. The average Bonchev–Trinajstić information content (AvgIpc) is 2.81. The fourth-order valence-corrected chi connectivity index (χ4v) is 3.09. The minimum Gasteiger partial charge on any atom is -0.368 e. The van der Waals surface area contributed by atoms with E-state index in [2.05, 4.69) is 43.3 Å². The predicted molar refractivity (Wildman–Crippen MR) is 76.4 cm³/mol. The van der Waals surface area contributed by atoms with Crippen molar-refractivity contribution >= 4 is 22.4 Å². The molecular weight excluding hydrogens is 262 g/mol. The molecule has 0 bridgehead atoms. The number of anilines is 1. The van der Waals surface area contributed by atoms with E-state index in [1.165, 1.54) is 11.3 Å². The van der Waals surface area contributed by atoms with Crippen LogP contribution in [0, 0.1) is 0 Å². The maximum Gasteiger partial charge on any atom is 0.240 e. The van der Waals surface area contributed by atoms with E-state index < -0.39 is 0 Å². The van der Waals surface area contributed by atoms with Crippen LogP contribution in [0.1, 0.15) is 34.1 Å². The Hall–Kier alpha value is -0.980. The van der Waals surface area contributed by atoms with Crippen LogP contribution in [-0.4, -0.2) is 34.7 Å². The number of carbonyl (C=O) groups is 1. The molecule has 1 unspecified atom stereocenters. The molecule has 19 heavy (non-hydrogen) atoms. The second-order valence-corrected chi connectivity index (χ2v) is 6.88. The van der Waals surface area contributed by atoms with Gasteiger partial charge in [0, 0.05) is 17.6 Å². The molecule has 1 aliphatic rings. The minimum atomic E-state index is -0.259. The molecule has 5 nitrogen and oxygen atoms in total. The van der Waals surface area contributed by atoms with Gasteiger partial charge < -0.3 is 15.4 Å². The molecule has 1 amide bonds. The Morgan fingerprint density at radius 3 is 2.79 bits per heavy atom. The van der Waals surface area contributed by atoms with Gasteiger partial charge in [-0.25, -0.2) is 4.98 Å². The van der Waals surface area contributed by atoms with E-state index in [0.717, 1.165) is 6.42 Å². The molecule has 0 aromatic carbocycles. The van der Waals surface area contributed by atoms with Gasteiger partial charge in [0.25, 0.3) is 0 Å². The zero-order valence-electron chi connectivity index (χ0n) is 11.8. The lowest BCUT2D eigenvalue weighted by Crippen LogP contribution is -2.46. The molecule has 1 saturated heterocycles. The van der Waals surface area contributed by atoms with Crippen molar-refractivity contribution in [1.29, 1.82) is 0 Å². The lowest BCUT2D eigenvalue weighted by atomic mass is 9.94. The summed E-state index contributed by atoms with van der Waals surface area (Å²) in [6.07, 6.45) is 2.56. The summed E-state index contributed by atoms with van der Waals surface area (Å²) in [4.78, 5) is 15.8. The Morgan fingerprint density at radius 2 is 2.26 bits per heavy atom. The number of thiazole rings is 1. The van der Waals surface area contributed by atoms with Crippen LogP contribution in [0.3, 0.4) is 0 Å². The highest BCUT2D eigenvalue weighted by molar-refractivity contribution is 7.13. The maximum absolute atomic E-state index is 11.8. The van der Waals surface area contributed by atoms with E-state index in [1.807, 2.05) is 5.38 Å². The third-order valence-electron chi connectivity index (χ3n) is 3.26. The smallest absolute Gasteiger partial charge is 0.240 e. The highest BCUT2D eigenvalue weighted by atomic mass is 32.1. The van der Waals surface area contributed by atoms with Gasteiger partial charge >= 0.3 is 0 Å². The van der Waals surface area contributed by atoms with Gasteiger partial charge in [-0.3, -0.25) is 4.79 Å². The minimum absolute atomic E-state index is 0.0737. The van der Waals surface area contributed by atoms with Gasteiger partial charge in [-0.05, 0) is 34.1 Å². The average molecular weight is 283 g/mol. The number of nitrogens with one attached hydrogen (secondary N) is 2. The summed E-state index contributed by atoms with van der Waals surface area (Å²) in [5.41, 5.74) is -0.405.